The van der Waals surface area contributed by atoms with Crippen molar-refractivity contribution >= 4 is 11.6 Å². The van der Waals surface area contributed by atoms with Gasteiger partial charge in [0.2, 0.25) is 0 Å². The highest BCUT2D eigenvalue weighted by Gasteiger charge is 2.19. The first-order valence-electron chi connectivity index (χ1n) is 4.62. The summed E-state index contributed by atoms with van der Waals surface area (Å²) in [5, 5.41) is 0. The van der Waals surface area contributed by atoms with Gasteiger partial charge in [0.05, 0.1) is 6.61 Å². The lowest BCUT2D eigenvalue weighted by molar-refractivity contribution is -0.122. The van der Waals surface area contributed by atoms with Crippen molar-refractivity contribution in [1.29, 1.82) is 0 Å². The fraction of sp³-hybridized carbons (Fsp3) is 0.636. The van der Waals surface area contributed by atoms with Crippen molar-refractivity contribution in [3.05, 3.63) is 12.2 Å². The maximum absolute atomic E-state index is 11.2. The molecule has 0 saturated heterocycles. The third-order valence-electron chi connectivity index (χ3n) is 2.15. The van der Waals surface area contributed by atoms with E-state index in [1.54, 1.807) is 27.0 Å². The van der Waals surface area contributed by atoms with Crippen LogP contribution in [0.1, 0.15) is 27.2 Å². The normalized spacial score (nSPS) is 12.0. The molecular formula is C11H18O3. The van der Waals surface area contributed by atoms with Crippen LogP contribution in [-0.2, 0) is 14.3 Å². The molecule has 0 aliphatic carbocycles. The third kappa shape index (κ3) is 4.92. The molecule has 0 radical (unpaired) electrons. The van der Waals surface area contributed by atoms with Gasteiger partial charge in [-0.2, -0.15) is 0 Å². The number of methoxy groups -OCH3 is 1. The fourth-order valence-electron chi connectivity index (χ4n) is 0.705. The van der Waals surface area contributed by atoms with Crippen molar-refractivity contribution in [3.63, 3.8) is 0 Å². The Morgan fingerprint density at radius 1 is 1.36 bits per heavy atom. The average Bonchev–Trinajstić information content (AvgIpc) is 2.11. The van der Waals surface area contributed by atoms with Gasteiger partial charge in [-0.3, -0.25) is 9.59 Å². The Balaban J connectivity index is 4.16. The Morgan fingerprint density at radius 2 is 1.93 bits per heavy atom. The Kier molecular flexibility index (Phi) is 5.31. The zero-order valence-electron chi connectivity index (χ0n) is 9.29. The number of hydrogen-bond acceptors (Lipinski definition) is 3. The SMILES string of the molecule is COCCC(=O)/C=C/C(C)(C)C(C)=O. The van der Waals surface area contributed by atoms with Crippen LogP contribution in [-0.4, -0.2) is 25.3 Å². The minimum absolute atomic E-state index is 0.0128. The average molecular weight is 198 g/mol. The van der Waals surface area contributed by atoms with Crippen molar-refractivity contribution in [3.8, 4) is 0 Å². The zero-order valence-corrected chi connectivity index (χ0v) is 9.29. The second-order valence-corrected chi connectivity index (χ2v) is 3.82. The fourth-order valence-corrected chi connectivity index (χ4v) is 0.705. The minimum Gasteiger partial charge on any atom is -0.384 e. The predicted molar refractivity (Wildman–Crippen MR) is 55.1 cm³/mol. The van der Waals surface area contributed by atoms with E-state index in [0.717, 1.165) is 0 Å². The first-order valence-corrected chi connectivity index (χ1v) is 4.62. The smallest absolute Gasteiger partial charge is 0.157 e. The maximum Gasteiger partial charge on any atom is 0.157 e. The van der Waals surface area contributed by atoms with Crippen LogP contribution in [0, 0.1) is 5.41 Å². The molecule has 0 aromatic rings. The van der Waals surface area contributed by atoms with E-state index in [4.69, 9.17) is 4.74 Å². The maximum atomic E-state index is 11.2. The number of allylic oxidation sites excluding steroid dienone is 2. The van der Waals surface area contributed by atoms with Crippen molar-refractivity contribution < 1.29 is 14.3 Å². The summed E-state index contributed by atoms with van der Waals surface area (Å²) in [4.78, 5) is 22.3. The molecule has 0 spiro atoms. The van der Waals surface area contributed by atoms with E-state index in [1.807, 2.05) is 0 Å². The molecule has 0 fully saturated rings. The molecule has 0 aliphatic heterocycles. The van der Waals surface area contributed by atoms with Crippen LogP contribution < -0.4 is 0 Å². The molecule has 0 atom stereocenters. The van der Waals surface area contributed by atoms with Gasteiger partial charge in [0.1, 0.15) is 5.78 Å². The molecule has 0 bridgehead atoms. The first-order chi connectivity index (χ1) is 6.40. The van der Waals surface area contributed by atoms with Crippen molar-refractivity contribution in [2.45, 2.75) is 27.2 Å². The number of carbonyl (C=O) groups is 2. The molecule has 3 nitrogen and oxygen atoms in total. The van der Waals surface area contributed by atoms with E-state index < -0.39 is 5.41 Å². The second-order valence-electron chi connectivity index (χ2n) is 3.82. The highest BCUT2D eigenvalue weighted by atomic mass is 16.5. The molecule has 0 heterocycles. The molecule has 0 unspecified atom stereocenters. The van der Waals surface area contributed by atoms with Crippen LogP contribution in [0.4, 0.5) is 0 Å². The largest absolute Gasteiger partial charge is 0.384 e. The number of hydrogen-bond donors (Lipinski definition) is 0. The monoisotopic (exact) mass is 198 g/mol. The summed E-state index contributed by atoms with van der Waals surface area (Å²) in [6, 6.07) is 0. The third-order valence-corrected chi connectivity index (χ3v) is 2.15. The van der Waals surface area contributed by atoms with Crippen molar-refractivity contribution in [1.82, 2.24) is 0 Å². The number of ether oxygens (including phenoxy) is 1. The summed E-state index contributed by atoms with van der Waals surface area (Å²) >= 11 is 0. The van der Waals surface area contributed by atoms with Crippen LogP contribution in [0.15, 0.2) is 12.2 Å². The minimum atomic E-state index is -0.553. The highest BCUT2D eigenvalue weighted by molar-refractivity contribution is 5.91. The zero-order chi connectivity index (χ0) is 11.2. The van der Waals surface area contributed by atoms with Gasteiger partial charge in [0.15, 0.2) is 5.78 Å². The second kappa shape index (κ2) is 5.70. The van der Waals surface area contributed by atoms with Gasteiger partial charge in [-0.1, -0.05) is 6.08 Å². The van der Waals surface area contributed by atoms with Crippen LogP contribution in [0.25, 0.3) is 0 Å². The van der Waals surface area contributed by atoms with Crippen LogP contribution in [0.3, 0.4) is 0 Å². The van der Waals surface area contributed by atoms with Gasteiger partial charge < -0.3 is 4.74 Å². The van der Waals surface area contributed by atoms with Gasteiger partial charge in [0.25, 0.3) is 0 Å². The summed E-state index contributed by atoms with van der Waals surface area (Å²) < 4.78 is 4.77. The molecule has 0 aromatic carbocycles. The molecule has 3 heteroatoms. The van der Waals surface area contributed by atoms with E-state index in [1.165, 1.54) is 13.0 Å². The van der Waals surface area contributed by atoms with Crippen molar-refractivity contribution in [2.24, 2.45) is 5.41 Å². The molecule has 14 heavy (non-hydrogen) atoms. The molecular weight excluding hydrogens is 180 g/mol. The standard InChI is InChI=1S/C11H18O3/c1-9(12)11(2,3)7-5-10(13)6-8-14-4/h5,7H,6,8H2,1-4H3/b7-5+. The molecule has 0 amide bonds. The summed E-state index contributed by atoms with van der Waals surface area (Å²) in [7, 11) is 1.55. The Hall–Kier alpha value is -0.960. The quantitative estimate of drug-likeness (QED) is 0.611. The van der Waals surface area contributed by atoms with E-state index in [0.29, 0.717) is 13.0 Å². The molecule has 0 rings (SSSR count). The summed E-state index contributed by atoms with van der Waals surface area (Å²) in [6.45, 7) is 5.51. The molecule has 0 saturated carbocycles. The number of rotatable bonds is 6. The Bertz CT molecular complexity index is 239. The van der Waals surface area contributed by atoms with Gasteiger partial charge in [-0.05, 0) is 26.8 Å². The van der Waals surface area contributed by atoms with Gasteiger partial charge >= 0.3 is 0 Å². The van der Waals surface area contributed by atoms with Crippen LogP contribution in [0.5, 0.6) is 0 Å². The lowest BCUT2D eigenvalue weighted by Crippen LogP contribution is -2.18. The Labute approximate surface area is 85.1 Å². The van der Waals surface area contributed by atoms with E-state index in [-0.39, 0.29) is 11.6 Å². The number of ketones is 2. The van der Waals surface area contributed by atoms with E-state index >= 15 is 0 Å². The molecule has 0 aromatic heterocycles. The predicted octanol–water partition coefficient (Wildman–Crippen LogP) is 1.76. The van der Waals surface area contributed by atoms with Crippen molar-refractivity contribution in [2.75, 3.05) is 13.7 Å². The lowest BCUT2D eigenvalue weighted by Gasteiger charge is -2.14. The number of carbonyl (C=O) groups excluding carboxylic acids is 2. The lowest BCUT2D eigenvalue weighted by atomic mass is 9.88. The molecule has 0 N–H and O–H groups in total. The van der Waals surface area contributed by atoms with Gasteiger partial charge in [0, 0.05) is 18.9 Å². The molecule has 0 aliphatic rings. The van der Waals surface area contributed by atoms with Crippen LogP contribution in [0.2, 0.25) is 0 Å². The van der Waals surface area contributed by atoms with E-state index in [9.17, 15) is 9.59 Å². The van der Waals surface area contributed by atoms with Gasteiger partial charge in [-0.15, -0.1) is 0 Å². The summed E-state index contributed by atoms with van der Waals surface area (Å²) in [5.74, 6) is 0.0365. The summed E-state index contributed by atoms with van der Waals surface area (Å²) in [6.07, 6.45) is 3.47. The van der Waals surface area contributed by atoms with E-state index in [2.05, 4.69) is 0 Å². The number of Topliss-reactive ketones (excluding diaryl/α,β-unsaturated/α-hetero) is 1. The topological polar surface area (TPSA) is 43.4 Å². The van der Waals surface area contributed by atoms with Gasteiger partial charge in [-0.25, -0.2) is 0 Å². The first kappa shape index (κ1) is 13.0. The Morgan fingerprint density at radius 3 is 2.36 bits per heavy atom. The van der Waals surface area contributed by atoms with Crippen LogP contribution >= 0.6 is 0 Å². The molecule has 80 valence electrons. The summed E-state index contributed by atoms with van der Waals surface area (Å²) in [5.41, 5.74) is -0.553. The highest BCUT2D eigenvalue weighted by Crippen LogP contribution is 2.17.